The maximum atomic E-state index is 12.4. The molecule has 4 aromatic rings. The van der Waals surface area contributed by atoms with Gasteiger partial charge in [0.05, 0.1) is 22.7 Å². The van der Waals surface area contributed by atoms with E-state index in [0.717, 1.165) is 33.4 Å². The van der Waals surface area contributed by atoms with E-state index in [4.69, 9.17) is 13.9 Å². The predicted molar refractivity (Wildman–Crippen MR) is 133 cm³/mol. The molecule has 0 aliphatic carbocycles. The molecule has 176 valence electrons. The monoisotopic (exact) mass is 478 g/mol. The second-order valence-corrected chi connectivity index (χ2v) is 9.47. The van der Waals surface area contributed by atoms with Crippen molar-refractivity contribution in [3.05, 3.63) is 84.4 Å². The van der Waals surface area contributed by atoms with Crippen LogP contribution in [0.25, 0.3) is 22.2 Å². The molecule has 1 heterocycles. The number of hydrogen-bond donors (Lipinski definition) is 2. The number of hydrogen-bond acceptors (Lipinski definition) is 7. The minimum absolute atomic E-state index is 0.0555. The van der Waals surface area contributed by atoms with E-state index in [-0.39, 0.29) is 11.5 Å². The van der Waals surface area contributed by atoms with Crippen molar-refractivity contribution in [3.63, 3.8) is 0 Å². The van der Waals surface area contributed by atoms with Crippen molar-refractivity contribution in [2.24, 2.45) is 0 Å². The van der Waals surface area contributed by atoms with Gasteiger partial charge < -0.3 is 15.2 Å². The summed E-state index contributed by atoms with van der Waals surface area (Å²) in [5.41, 5.74) is 4.48. The Balaban J connectivity index is 1.48. The average Bonchev–Trinajstić information content (AvgIpc) is 2.86. The van der Waals surface area contributed by atoms with Crippen LogP contribution in [0.2, 0.25) is 0 Å². The summed E-state index contributed by atoms with van der Waals surface area (Å²) in [7, 11) is -2.09. The highest BCUT2D eigenvalue weighted by Gasteiger charge is 2.19. The third-order valence-corrected chi connectivity index (χ3v) is 6.65. The molecule has 3 aromatic carbocycles. The number of rotatable bonds is 9. The molecule has 8 heteroatoms. The fraction of sp³-hybridized carbons (Fsp3) is 0.192. The van der Waals surface area contributed by atoms with E-state index in [2.05, 4.69) is 5.32 Å². The van der Waals surface area contributed by atoms with Gasteiger partial charge in [0, 0.05) is 29.8 Å². The quantitative estimate of drug-likeness (QED) is 0.344. The summed E-state index contributed by atoms with van der Waals surface area (Å²) < 4.78 is 35.8. The van der Waals surface area contributed by atoms with Gasteiger partial charge in [0.1, 0.15) is 18.5 Å². The van der Waals surface area contributed by atoms with E-state index in [1.165, 1.54) is 12.1 Å². The highest BCUT2D eigenvalue weighted by atomic mass is 32.2. The zero-order valence-corrected chi connectivity index (χ0v) is 19.7. The summed E-state index contributed by atoms with van der Waals surface area (Å²) in [6.07, 6.45) is -0.866. The molecule has 0 amide bonds. The van der Waals surface area contributed by atoms with Crippen molar-refractivity contribution >= 4 is 26.7 Å². The van der Waals surface area contributed by atoms with Gasteiger partial charge in [-0.05, 0) is 49.4 Å². The molecule has 1 unspecified atom stereocenters. The first-order chi connectivity index (χ1) is 16.4. The van der Waals surface area contributed by atoms with Crippen molar-refractivity contribution in [1.29, 1.82) is 0 Å². The molecular formula is C26H26N2O5S. The SMILES string of the molecule is CNc1ccc(-c2ccc3ccc(OC(CO)COS(=O)(=O)c4ccc(C)cc4)cc3n2)cc1. The second-order valence-electron chi connectivity index (χ2n) is 7.85. The number of aryl methyl sites for hydroxylation is 1. The number of anilines is 1. The topological polar surface area (TPSA) is 97.7 Å². The van der Waals surface area contributed by atoms with Crippen LogP contribution in [0.15, 0.2) is 83.8 Å². The first-order valence-electron chi connectivity index (χ1n) is 10.8. The van der Waals surface area contributed by atoms with Gasteiger partial charge in [-0.3, -0.25) is 4.18 Å². The normalized spacial score (nSPS) is 12.4. The number of aliphatic hydroxyl groups is 1. The van der Waals surface area contributed by atoms with Crippen molar-refractivity contribution in [1.82, 2.24) is 4.98 Å². The molecule has 0 saturated heterocycles. The average molecular weight is 479 g/mol. The lowest BCUT2D eigenvalue weighted by atomic mass is 10.1. The van der Waals surface area contributed by atoms with Gasteiger partial charge in [0.25, 0.3) is 10.1 Å². The van der Waals surface area contributed by atoms with Crippen LogP contribution in [-0.4, -0.2) is 44.9 Å². The smallest absolute Gasteiger partial charge is 0.297 e. The molecule has 1 atom stereocenters. The number of benzene rings is 3. The summed E-state index contributed by atoms with van der Waals surface area (Å²) in [5, 5.41) is 13.7. The largest absolute Gasteiger partial charge is 0.485 e. The number of pyridine rings is 1. The van der Waals surface area contributed by atoms with Gasteiger partial charge in [-0.15, -0.1) is 0 Å². The molecule has 0 bridgehead atoms. The van der Waals surface area contributed by atoms with Gasteiger partial charge in [0.15, 0.2) is 0 Å². The highest BCUT2D eigenvalue weighted by molar-refractivity contribution is 7.86. The molecule has 7 nitrogen and oxygen atoms in total. The molecule has 0 radical (unpaired) electrons. The fourth-order valence-corrected chi connectivity index (χ4v) is 4.33. The lowest BCUT2D eigenvalue weighted by Gasteiger charge is -2.17. The van der Waals surface area contributed by atoms with Gasteiger partial charge in [-0.2, -0.15) is 8.42 Å². The van der Waals surface area contributed by atoms with Crippen LogP contribution in [0, 0.1) is 6.92 Å². The van der Waals surface area contributed by atoms with Crippen LogP contribution in [0.3, 0.4) is 0 Å². The predicted octanol–water partition coefficient (Wildman–Crippen LogP) is 4.40. The Morgan fingerprint density at radius 3 is 2.35 bits per heavy atom. The Hall–Kier alpha value is -3.46. The zero-order valence-electron chi connectivity index (χ0n) is 18.9. The van der Waals surface area contributed by atoms with Crippen LogP contribution >= 0.6 is 0 Å². The lowest BCUT2D eigenvalue weighted by Crippen LogP contribution is -2.28. The third-order valence-electron chi connectivity index (χ3n) is 5.36. The highest BCUT2D eigenvalue weighted by Crippen LogP contribution is 2.26. The molecular weight excluding hydrogens is 452 g/mol. The molecule has 0 spiro atoms. The van der Waals surface area contributed by atoms with Gasteiger partial charge >= 0.3 is 0 Å². The van der Waals surface area contributed by atoms with Crippen molar-refractivity contribution in [2.75, 3.05) is 25.6 Å². The van der Waals surface area contributed by atoms with Crippen LogP contribution in [-0.2, 0) is 14.3 Å². The van der Waals surface area contributed by atoms with Crippen molar-refractivity contribution in [3.8, 4) is 17.0 Å². The lowest BCUT2D eigenvalue weighted by molar-refractivity contribution is 0.0742. The van der Waals surface area contributed by atoms with Crippen molar-refractivity contribution in [2.45, 2.75) is 17.9 Å². The van der Waals surface area contributed by atoms with Crippen LogP contribution in [0.4, 0.5) is 5.69 Å². The number of aromatic nitrogens is 1. The van der Waals surface area contributed by atoms with Gasteiger partial charge in [0.2, 0.25) is 0 Å². The fourth-order valence-electron chi connectivity index (χ4n) is 3.39. The van der Waals surface area contributed by atoms with Crippen LogP contribution in [0.5, 0.6) is 5.75 Å². The number of aliphatic hydroxyl groups excluding tert-OH is 1. The van der Waals surface area contributed by atoms with E-state index in [9.17, 15) is 13.5 Å². The first-order valence-corrected chi connectivity index (χ1v) is 12.2. The first kappa shape index (κ1) is 23.7. The molecule has 0 saturated carbocycles. The van der Waals surface area contributed by atoms with Gasteiger partial charge in [-0.25, -0.2) is 4.98 Å². The Bertz CT molecular complexity index is 1370. The van der Waals surface area contributed by atoms with Crippen LogP contribution < -0.4 is 10.1 Å². The molecule has 2 N–H and O–H groups in total. The minimum Gasteiger partial charge on any atom is -0.485 e. The Morgan fingerprint density at radius 2 is 1.68 bits per heavy atom. The van der Waals surface area contributed by atoms with Gasteiger partial charge in [-0.1, -0.05) is 35.9 Å². The Kier molecular flexibility index (Phi) is 7.12. The standard InChI is InChI=1S/C26H26N2O5S/c1-18-3-12-24(13-4-18)34(30,31)32-17-23(16-29)33-22-11-7-20-8-14-25(28-26(20)15-22)19-5-9-21(27-2)10-6-19/h3-15,23,27,29H,16-17H2,1-2H3. The molecule has 34 heavy (non-hydrogen) atoms. The Morgan fingerprint density at radius 1 is 0.971 bits per heavy atom. The number of nitrogens with one attached hydrogen (secondary N) is 1. The van der Waals surface area contributed by atoms with E-state index in [0.29, 0.717) is 5.75 Å². The number of ether oxygens (including phenoxy) is 1. The second kappa shape index (κ2) is 10.2. The summed E-state index contributed by atoms with van der Waals surface area (Å²) >= 11 is 0. The Labute approximate surface area is 199 Å². The summed E-state index contributed by atoms with van der Waals surface area (Å²) in [6, 6.07) is 23.6. The summed E-state index contributed by atoms with van der Waals surface area (Å²) in [5.74, 6) is 0.457. The minimum atomic E-state index is -3.96. The maximum absolute atomic E-state index is 12.4. The molecule has 0 fully saturated rings. The molecule has 0 aliphatic heterocycles. The van der Waals surface area contributed by atoms with Crippen molar-refractivity contribution < 1.29 is 22.4 Å². The third kappa shape index (κ3) is 5.53. The zero-order chi connectivity index (χ0) is 24.1. The van der Waals surface area contributed by atoms with E-state index in [1.54, 1.807) is 24.3 Å². The molecule has 1 aromatic heterocycles. The summed E-state index contributed by atoms with van der Waals surface area (Å²) in [6.45, 7) is 1.14. The molecule has 4 rings (SSSR count). The number of nitrogens with zero attached hydrogens (tertiary/aromatic N) is 1. The molecule has 0 aliphatic rings. The van der Waals surface area contributed by atoms with E-state index >= 15 is 0 Å². The van der Waals surface area contributed by atoms with Crippen LogP contribution in [0.1, 0.15) is 5.56 Å². The van der Waals surface area contributed by atoms with E-state index < -0.39 is 22.8 Å². The van der Waals surface area contributed by atoms with E-state index in [1.807, 2.05) is 56.4 Å². The maximum Gasteiger partial charge on any atom is 0.297 e. The number of fused-ring (bicyclic) bond motifs is 1. The summed E-state index contributed by atoms with van der Waals surface area (Å²) in [4.78, 5) is 4.79.